The van der Waals surface area contributed by atoms with Crippen molar-refractivity contribution < 1.29 is 4.79 Å². The Kier molecular flexibility index (Phi) is 4.38. The molecule has 1 fully saturated rings. The van der Waals surface area contributed by atoms with Crippen LogP contribution >= 0.6 is 15.9 Å². The smallest absolute Gasteiger partial charge is 0.255 e. The zero-order valence-corrected chi connectivity index (χ0v) is 14.0. The zero-order valence-electron chi connectivity index (χ0n) is 12.4. The van der Waals surface area contributed by atoms with Crippen LogP contribution in [0.5, 0.6) is 0 Å². The summed E-state index contributed by atoms with van der Waals surface area (Å²) in [7, 11) is 0. The average Bonchev–Trinajstić information content (AvgIpc) is 2.56. The normalized spacial score (nSPS) is 15.0. The molecule has 6 heteroatoms. The Morgan fingerprint density at radius 1 is 1.05 bits per heavy atom. The highest BCUT2D eigenvalue weighted by molar-refractivity contribution is 9.10. The highest BCUT2D eigenvalue weighted by Gasteiger charge is 2.22. The molecule has 1 amide bonds. The number of aryl methyl sites for hydroxylation is 1. The highest BCUT2D eigenvalue weighted by atomic mass is 79.9. The SMILES string of the molecule is Cc1ccc(C(=O)N2CCN(c3ccc(Br)cn3)CC2)cn1. The Morgan fingerprint density at radius 2 is 1.82 bits per heavy atom. The second-order valence-corrected chi connectivity index (χ2v) is 6.22. The molecule has 2 aromatic rings. The van der Waals surface area contributed by atoms with Crippen LogP contribution in [0.25, 0.3) is 0 Å². The maximum absolute atomic E-state index is 12.4. The first-order valence-corrected chi connectivity index (χ1v) is 8.01. The van der Waals surface area contributed by atoms with Crippen molar-refractivity contribution in [1.29, 1.82) is 0 Å². The van der Waals surface area contributed by atoms with E-state index >= 15 is 0 Å². The van der Waals surface area contributed by atoms with Gasteiger partial charge in [-0.25, -0.2) is 4.98 Å². The van der Waals surface area contributed by atoms with Crippen molar-refractivity contribution in [1.82, 2.24) is 14.9 Å². The minimum atomic E-state index is 0.0518. The van der Waals surface area contributed by atoms with Crippen LogP contribution in [0.2, 0.25) is 0 Å². The number of amides is 1. The van der Waals surface area contributed by atoms with E-state index in [-0.39, 0.29) is 5.91 Å². The maximum atomic E-state index is 12.4. The van der Waals surface area contributed by atoms with Gasteiger partial charge in [0.1, 0.15) is 5.82 Å². The molecule has 1 saturated heterocycles. The van der Waals surface area contributed by atoms with Gasteiger partial charge < -0.3 is 9.80 Å². The van der Waals surface area contributed by atoms with Crippen molar-refractivity contribution in [3.05, 3.63) is 52.4 Å². The Labute approximate surface area is 138 Å². The third kappa shape index (κ3) is 3.27. The fraction of sp³-hybridized carbons (Fsp3) is 0.312. The lowest BCUT2D eigenvalue weighted by atomic mass is 10.2. The van der Waals surface area contributed by atoms with Crippen molar-refractivity contribution in [2.75, 3.05) is 31.1 Å². The Morgan fingerprint density at radius 3 is 2.41 bits per heavy atom. The Hall–Kier alpha value is -1.95. The van der Waals surface area contributed by atoms with E-state index < -0.39 is 0 Å². The summed E-state index contributed by atoms with van der Waals surface area (Å²) >= 11 is 3.39. The summed E-state index contributed by atoms with van der Waals surface area (Å²) in [5, 5.41) is 0. The largest absolute Gasteiger partial charge is 0.353 e. The number of anilines is 1. The lowest BCUT2D eigenvalue weighted by Gasteiger charge is -2.35. The van der Waals surface area contributed by atoms with Crippen LogP contribution in [-0.2, 0) is 0 Å². The molecule has 0 radical (unpaired) electrons. The minimum absolute atomic E-state index is 0.0518. The summed E-state index contributed by atoms with van der Waals surface area (Å²) in [4.78, 5) is 25.1. The van der Waals surface area contributed by atoms with E-state index in [1.165, 1.54) is 0 Å². The molecule has 1 aliphatic rings. The number of piperazine rings is 1. The van der Waals surface area contributed by atoms with E-state index in [9.17, 15) is 4.79 Å². The molecule has 0 bridgehead atoms. The number of carbonyl (C=O) groups is 1. The van der Waals surface area contributed by atoms with Gasteiger partial charge >= 0.3 is 0 Å². The second-order valence-electron chi connectivity index (χ2n) is 5.30. The highest BCUT2D eigenvalue weighted by Crippen LogP contribution is 2.17. The fourth-order valence-corrected chi connectivity index (χ4v) is 2.71. The average molecular weight is 361 g/mol. The molecule has 2 aromatic heterocycles. The van der Waals surface area contributed by atoms with E-state index in [4.69, 9.17) is 0 Å². The molecule has 3 rings (SSSR count). The topological polar surface area (TPSA) is 49.3 Å². The van der Waals surface area contributed by atoms with Gasteiger partial charge in [-0.1, -0.05) is 0 Å². The lowest BCUT2D eigenvalue weighted by Crippen LogP contribution is -2.49. The third-order valence-electron chi connectivity index (χ3n) is 3.76. The van der Waals surface area contributed by atoms with Gasteiger partial charge in [-0.3, -0.25) is 9.78 Å². The van der Waals surface area contributed by atoms with Crippen LogP contribution < -0.4 is 4.90 Å². The number of rotatable bonds is 2. The molecule has 0 aromatic carbocycles. The van der Waals surface area contributed by atoms with Crippen molar-refractivity contribution >= 4 is 27.7 Å². The molecule has 5 nitrogen and oxygen atoms in total. The van der Waals surface area contributed by atoms with Crippen LogP contribution in [0.4, 0.5) is 5.82 Å². The molecule has 1 aliphatic heterocycles. The summed E-state index contributed by atoms with van der Waals surface area (Å²) in [6.45, 7) is 4.90. The van der Waals surface area contributed by atoms with Crippen LogP contribution in [0.15, 0.2) is 41.1 Å². The van der Waals surface area contributed by atoms with E-state index in [1.807, 2.05) is 36.1 Å². The first-order valence-electron chi connectivity index (χ1n) is 7.22. The molecule has 22 heavy (non-hydrogen) atoms. The molecule has 0 unspecified atom stereocenters. The first-order chi connectivity index (χ1) is 10.6. The maximum Gasteiger partial charge on any atom is 0.255 e. The first kappa shape index (κ1) is 15.0. The standard InChI is InChI=1S/C16H17BrN4O/c1-12-2-3-13(10-18-12)16(22)21-8-6-20(7-9-21)15-5-4-14(17)11-19-15/h2-5,10-11H,6-9H2,1H3. The lowest BCUT2D eigenvalue weighted by molar-refractivity contribution is 0.0746. The monoisotopic (exact) mass is 360 g/mol. The number of nitrogens with zero attached hydrogens (tertiary/aromatic N) is 4. The minimum Gasteiger partial charge on any atom is -0.353 e. The van der Waals surface area contributed by atoms with E-state index in [0.29, 0.717) is 18.7 Å². The zero-order chi connectivity index (χ0) is 15.5. The predicted molar refractivity (Wildman–Crippen MR) is 89.0 cm³/mol. The summed E-state index contributed by atoms with van der Waals surface area (Å²) in [6.07, 6.45) is 3.45. The van der Waals surface area contributed by atoms with Gasteiger partial charge in [0.2, 0.25) is 0 Å². The van der Waals surface area contributed by atoms with E-state index in [0.717, 1.165) is 29.1 Å². The van der Waals surface area contributed by atoms with E-state index in [1.54, 1.807) is 12.4 Å². The molecule has 114 valence electrons. The van der Waals surface area contributed by atoms with Crippen LogP contribution in [0, 0.1) is 6.92 Å². The van der Waals surface area contributed by atoms with Gasteiger partial charge in [-0.05, 0) is 47.1 Å². The number of hydrogen-bond donors (Lipinski definition) is 0. The van der Waals surface area contributed by atoms with Crippen molar-refractivity contribution in [3.63, 3.8) is 0 Å². The van der Waals surface area contributed by atoms with Crippen molar-refractivity contribution in [3.8, 4) is 0 Å². The van der Waals surface area contributed by atoms with Crippen LogP contribution in [0.3, 0.4) is 0 Å². The molecule has 0 atom stereocenters. The van der Waals surface area contributed by atoms with Gasteiger partial charge in [0, 0.05) is 48.7 Å². The van der Waals surface area contributed by atoms with Gasteiger partial charge in [0.15, 0.2) is 0 Å². The molecule has 0 aliphatic carbocycles. The van der Waals surface area contributed by atoms with E-state index in [2.05, 4.69) is 30.8 Å². The predicted octanol–water partition coefficient (Wildman–Crippen LogP) is 2.51. The summed E-state index contributed by atoms with van der Waals surface area (Å²) in [5.41, 5.74) is 1.57. The summed E-state index contributed by atoms with van der Waals surface area (Å²) in [6, 6.07) is 7.69. The molecule has 0 spiro atoms. The Bertz CT molecular complexity index is 649. The number of halogens is 1. The quantitative estimate of drug-likeness (QED) is 0.825. The van der Waals surface area contributed by atoms with Gasteiger partial charge in [-0.15, -0.1) is 0 Å². The summed E-state index contributed by atoms with van der Waals surface area (Å²) < 4.78 is 0.969. The van der Waals surface area contributed by atoms with Crippen molar-refractivity contribution in [2.24, 2.45) is 0 Å². The number of hydrogen-bond acceptors (Lipinski definition) is 4. The van der Waals surface area contributed by atoms with Crippen LogP contribution in [0.1, 0.15) is 16.1 Å². The summed E-state index contributed by atoms with van der Waals surface area (Å²) in [5.74, 6) is 1.00. The van der Waals surface area contributed by atoms with Gasteiger partial charge in [0.25, 0.3) is 5.91 Å². The second kappa shape index (κ2) is 6.44. The van der Waals surface area contributed by atoms with Crippen molar-refractivity contribution in [2.45, 2.75) is 6.92 Å². The van der Waals surface area contributed by atoms with Crippen LogP contribution in [-0.4, -0.2) is 47.0 Å². The number of pyridine rings is 2. The van der Waals surface area contributed by atoms with Gasteiger partial charge in [0.05, 0.1) is 5.56 Å². The number of carbonyl (C=O) groups excluding carboxylic acids is 1. The number of aromatic nitrogens is 2. The molecular weight excluding hydrogens is 344 g/mol. The molecule has 0 saturated carbocycles. The Balaban J connectivity index is 1.62. The molecule has 3 heterocycles. The van der Waals surface area contributed by atoms with Gasteiger partial charge in [-0.2, -0.15) is 0 Å². The fourth-order valence-electron chi connectivity index (χ4n) is 2.47. The molecule has 0 N–H and O–H groups in total. The molecular formula is C16H17BrN4O. The third-order valence-corrected chi connectivity index (χ3v) is 4.23.